The van der Waals surface area contributed by atoms with Gasteiger partial charge in [-0.2, -0.15) is 0 Å². The van der Waals surface area contributed by atoms with E-state index in [1.165, 1.54) is 0 Å². The van der Waals surface area contributed by atoms with Gasteiger partial charge in [0.15, 0.2) is 8.32 Å². The molecular formula is C13H26N2O2Si. The molecule has 0 radical (unpaired) electrons. The van der Waals surface area contributed by atoms with Crippen LogP contribution >= 0.6 is 0 Å². The van der Waals surface area contributed by atoms with Gasteiger partial charge in [-0.3, -0.25) is 0 Å². The molecule has 0 fully saturated rings. The molecule has 0 aromatic carbocycles. The van der Waals surface area contributed by atoms with Crippen molar-refractivity contribution in [3.63, 3.8) is 0 Å². The topological polar surface area (TPSA) is 60.4 Å². The Balaban J connectivity index is 2.43. The fraction of sp³-hybridized carbons (Fsp3) is 0.692. The fourth-order valence-electron chi connectivity index (χ4n) is 1.74. The predicted octanol–water partition coefficient (Wildman–Crippen LogP) is 2.50. The Bertz CT molecular complexity index is 322. The van der Waals surface area contributed by atoms with E-state index >= 15 is 0 Å². The summed E-state index contributed by atoms with van der Waals surface area (Å²) >= 11 is 0. The van der Waals surface area contributed by atoms with Crippen molar-refractivity contribution in [3.8, 4) is 0 Å². The molecule has 5 heteroatoms. The first kappa shape index (κ1) is 15.4. The maximum atomic E-state index is 6.12. The predicted molar refractivity (Wildman–Crippen MR) is 77.0 cm³/mol. The third-order valence-electron chi connectivity index (χ3n) is 2.75. The lowest BCUT2D eigenvalue weighted by atomic mass is 10.0. The standard InChI is InChI=1S/C13H26N2O2Si/c1-5-11(14)13(12-7-6-9-16-12)15-8-10-17-18(2,3)4/h6-7,9,11,13,15H,5,8,10,14H2,1-4H3/t11-,13-/m0/s1. The van der Waals surface area contributed by atoms with Crippen LogP contribution in [0.1, 0.15) is 25.1 Å². The molecule has 0 bridgehead atoms. The minimum absolute atomic E-state index is 0.0584. The number of furan rings is 1. The molecule has 0 aliphatic rings. The highest BCUT2D eigenvalue weighted by molar-refractivity contribution is 6.69. The second-order valence-electron chi connectivity index (χ2n) is 5.48. The Labute approximate surface area is 111 Å². The zero-order valence-electron chi connectivity index (χ0n) is 11.9. The van der Waals surface area contributed by atoms with E-state index in [0.717, 1.165) is 25.3 Å². The van der Waals surface area contributed by atoms with Crippen molar-refractivity contribution in [1.82, 2.24) is 5.32 Å². The summed E-state index contributed by atoms with van der Waals surface area (Å²) in [6.45, 7) is 10.2. The summed E-state index contributed by atoms with van der Waals surface area (Å²) in [7, 11) is -1.43. The van der Waals surface area contributed by atoms with E-state index in [1.54, 1.807) is 6.26 Å². The molecule has 1 heterocycles. The summed E-state index contributed by atoms with van der Waals surface area (Å²) in [5.41, 5.74) is 6.12. The van der Waals surface area contributed by atoms with Crippen LogP contribution in [0.15, 0.2) is 22.8 Å². The van der Waals surface area contributed by atoms with Crippen LogP contribution in [-0.4, -0.2) is 27.5 Å². The first-order valence-electron chi connectivity index (χ1n) is 6.60. The summed E-state index contributed by atoms with van der Waals surface area (Å²) in [5.74, 6) is 0.900. The maximum absolute atomic E-state index is 6.12. The lowest BCUT2D eigenvalue weighted by molar-refractivity contribution is 0.281. The van der Waals surface area contributed by atoms with Crippen molar-refractivity contribution in [3.05, 3.63) is 24.2 Å². The Hall–Kier alpha value is -0.623. The van der Waals surface area contributed by atoms with E-state index in [1.807, 2.05) is 12.1 Å². The molecule has 0 spiro atoms. The van der Waals surface area contributed by atoms with Gasteiger partial charge in [0.05, 0.1) is 12.3 Å². The minimum Gasteiger partial charge on any atom is -0.468 e. The fourth-order valence-corrected chi connectivity index (χ4v) is 2.45. The first-order valence-corrected chi connectivity index (χ1v) is 10.0. The summed E-state index contributed by atoms with van der Waals surface area (Å²) < 4.78 is 11.3. The molecule has 18 heavy (non-hydrogen) atoms. The maximum Gasteiger partial charge on any atom is 0.183 e. The highest BCUT2D eigenvalue weighted by Crippen LogP contribution is 2.18. The molecule has 0 aliphatic heterocycles. The molecular weight excluding hydrogens is 244 g/mol. The van der Waals surface area contributed by atoms with E-state index in [9.17, 15) is 0 Å². The average Bonchev–Trinajstić information content (AvgIpc) is 2.80. The van der Waals surface area contributed by atoms with Crippen molar-refractivity contribution in [2.24, 2.45) is 5.73 Å². The van der Waals surface area contributed by atoms with Gasteiger partial charge in [-0.25, -0.2) is 0 Å². The Morgan fingerprint density at radius 3 is 2.67 bits per heavy atom. The highest BCUT2D eigenvalue weighted by atomic mass is 28.4. The lowest BCUT2D eigenvalue weighted by Gasteiger charge is -2.24. The number of rotatable bonds is 8. The number of nitrogens with one attached hydrogen (secondary N) is 1. The summed E-state index contributed by atoms with van der Waals surface area (Å²) in [6.07, 6.45) is 2.60. The van der Waals surface area contributed by atoms with Crippen molar-refractivity contribution >= 4 is 8.32 Å². The summed E-state index contributed by atoms with van der Waals surface area (Å²) in [6, 6.07) is 3.98. The summed E-state index contributed by atoms with van der Waals surface area (Å²) in [5, 5.41) is 3.42. The lowest BCUT2D eigenvalue weighted by Crippen LogP contribution is -2.39. The highest BCUT2D eigenvalue weighted by Gasteiger charge is 2.20. The summed E-state index contributed by atoms with van der Waals surface area (Å²) in [4.78, 5) is 0. The van der Waals surface area contributed by atoms with Crippen LogP contribution in [0.3, 0.4) is 0 Å². The monoisotopic (exact) mass is 270 g/mol. The van der Waals surface area contributed by atoms with Gasteiger partial charge >= 0.3 is 0 Å². The van der Waals surface area contributed by atoms with Crippen molar-refractivity contribution < 1.29 is 8.84 Å². The minimum atomic E-state index is -1.43. The van der Waals surface area contributed by atoms with Gasteiger partial charge in [-0.05, 0) is 38.2 Å². The molecule has 0 saturated carbocycles. The Morgan fingerprint density at radius 1 is 1.44 bits per heavy atom. The van der Waals surface area contributed by atoms with Gasteiger partial charge in [-0.1, -0.05) is 6.92 Å². The molecule has 104 valence electrons. The molecule has 1 aromatic heterocycles. The SMILES string of the molecule is CC[C@H](N)[C@H](NCCO[Si](C)(C)C)c1ccco1. The molecule has 3 N–H and O–H groups in total. The second kappa shape index (κ2) is 7.09. The van der Waals surface area contributed by atoms with Gasteiger partial charge < -0.3 is 19.9 Å². The number of hydrogen-bond acceptors (Lipinski definition) is 4. The molecule has 0 saturated heterocycles. The van der Waals surface area contributed by atoms with E-state index < -0.39 is 8.32 Å². The van der Waals surface area contributed by atoms with Gasteiger partial charge in [0, 0.05) is 19.2 Å². The van der Waals surface area contributed by atoms with E-state index in [-0.39, 0.29) is 12.1 Å². The Kier molecular flexibility index (Phi) is 6.08. The third kappa shape index (κ3) is 5.35. The van der Waals surface area contributed by atoms with E-state index in [2.05, 4.69) is 31.9 Å². The first-order chi connectivity index (χ1) is 8.44. The van der Waals surface area contributed by atoms with Gasteiger partial charge in [0.2, 0.25) is 0 Å². The Morgan fingerprint density at radius 2 is 2.17 bits per heavy atom. The van der Waals surface area contributed by atoms with Crippen LogP contribution in [-0.2, 0) is 4.43 Å². The normalized spacial score (nSPS) is 15.6. The second-order valence-corrected chi connectivity index (χ2v) is 9.99. The van der Waals surface area contributed by atoms with E-state index in [0.29, 0.717) is 0 Å². The quantitative estimate of drug-likeness (QED) is 0.563. The molecule has 0 unspecified atom stereocenters. The third-order valence-corrected chi connectivity index (χ3v) is 3.82. The molecule has 1 aromatic rings. The van der Waals surface area contributed by atoms with Crippen molar-refractivity contribution in [2.75, 3.05) is 13.2 Å². The van der Waals surface area contributed by atoms with Gasteiger partial charge in [0.25, 0.3) is 0 Å². The number of nitrogens with two attached hydrogens (primary N) is 1. The largest absolute Gasteiger partial charge is 0.468 e. The molecule has 1 rings (SSSR count). The molecule has 0 amide bonds. The zero-order chi connectivity index (χ0) is 13.6. The van der Waals surface area contributed by atoms with Crippen molar-refractivity contribution in [1.29, 1.82) is 0 Å². The molecule has 4 nitrogen and oxygen atoms in total. The average molecular weight is 270 g/mol. The van der Waals surface area contributed by atoms with Crippen LogP contribution in [0.25, 0.3) is 0 Å². The smallest absolute Gasteiger partial charge is 0.183 e. The van der Waals surface area contributed by atoms with Crippen LogP contribution in [0, 0.1) is 0 Å². The van der Waals surface area contributed by atoms with E-state index in [4.69, 9.17) is 14.6 Å². The van der Waals surface area contributed by atoms with Crippen LogP contribution < -0.4 is 11.1 Å². The van der Waals surface area contributed by atoms with Crippen LogP contribution in [0.5, 0.6) is 0 Å². The molecule has 2 atom stereocenters. The van der Waals surface area contributed by atoms with Crippen LogP contribution in [0.2, 0.25) is 19.6 Å². The van der Waals surface area contributed by atoms with Crippen molar-refractivity contribution in [2.45, 2.75) is 45.1 Å². The van der Waals surface area contributed by atoms with Gasteiger partial charge in [-0.15, -0.1) is 0 Å². The van der Waals surface area contributed by atoms with Crippen LogP contribution in [0.4, 0.5) is 0 Å². The zero-order valence-corrected chi connectivity index (χ0v) is 12.9. The molecule has 0 aliphatic carbocycles. The number of hydrogen-bond donors (Lipinski definition) is 2. The van der Waals surface area contributed by atoms with Gasteiger partial charge in [0.1, 0.15) is 5.76 Å².